The van der Waals surface area contributed by atoms with Crippen LogP contribution in [0.2, 0.25) is 0 Å². The first-order valence-corrected chi connectivity index (χ1v) is 7.92. The molecular weight excluding hydrogens is 264 g/mol. The van der Waals surface area contributed by atoms with Crippen molar-refractivity contribution in [2.24, 2.45) is 5.92 Å². The standard InChI is InChI=1S/C10H21ClN2O3S/c1-10-2-6-13(7-3-10)17(14,15)12-5-9-16-8-4-11/h10,12H,2-9H2,1H3. The molecule has 17 heavy (non-hydrogen) atoms. The van der Waals surface area contributed by atoms with Crippen molar-refractivity contribution in [2.45, 2.75) is 19.8 Å². The van der Waals surface area contributed by atoms with Crippen LogP contribution in [0.4, 0.5) is 0 Å². The third-order valence-electron chi connectivity index (χ3n) is 2.83. The van der Waals surface area contributed by atoms with Gasteiger partial charge < -0.3 is 4.74 Å². The number of nitrogens with one attached hydrogen (secondary N) is 1. The minimum absolute atomic E-state index is 0.297. The van der Waals surface area contributed by atoms with Crippen LogP contribution in [-0.4, -0.2) is 51.5 Å². The van der Waals surface area contributed by atoms with E-state index >= 15 is 0 Å². The van der Waals surface area contributed by atoms with Crippen molar-refractivity contribution in [1.82, 2.24) is 9.03 Å². The molecule has 0 amide bonds. The van der Waals surface area contributed by atoms with Crippen molar-refractivity contribution < 1.29 is 13.2 Å². The second-order valence-corrected chi connectivity index (χ2v) is 6.42. The highest BCUT2D eigenvalue weighted by Gasteiger charge is 2.25. The Bertz CT molecular complexity index is 303. The van der Waals surface area contributed by atoms with E-state index in [1.54, 1.807) is 0 Å². The Morgan fingerprint density at radius 1 is 1.35 bits per heavy atom. The molecule has 1 heterocycles. The van der Waals surface area contributed by atoms with Gasteiger partial charge in [-0.1, -0.05) is 6.92 Å². The van der Waals surface area contributed by atoms with E-state index in [1.807, 2.05) is 0 Å². The molecule has 0 aromatic rings. The van der Waals surface area contributed by atoms with E-state index in [0.29, 0.717) is 44.6 Å². The van der Waals surface area contributed by atoms with Gasteiger partial charge >= 0.3 is 0 Å². The zero-order chi connectivity index (χ0) is 12.7. The van der Waals surface area contributed by atoms with Crippen LogP contribution in [0.1, 0.15) is 19.8 Å². The maximum atomic E-state index is 11.9. The fourth-order valence-corrected chi connectivity index (χ4v) is 3.04. The molecule has 5 nitrogen and oxygen atoms in total. The highest BCUT2D eigenvalue weighted by Crippen LogP contribution is 2.17. The number of piperidine rings is 1. The minimum atomic E-state index is -3.32. The van der Waals surface area contributed by atoms with Crippen molar-refractivity contribution in [1.29, 1.82) is 0 Å². The molecule has 1 fully saturated rings. The molecule has 0 unspecified atom stereocenters. The lowest BCUT2D eigenvalue weighted by molar-refractivity contribution is 0.154. The first-order valence-electron chi connectivity index (χ1n) is 5.94. The monoisotopic (exact) mass is 284 g/mol. The lowest BCUT2D eigenvalue weighted by Gasteiger charge is -2.29. The summed E-state index contributed by atoms with van der Waals surface area (Å²) in [4.78, 5) is 0. The molecule has 0 radical (unpaired) electrons. The molecule has 1 N–H and O–H groups in total. The molecule has 0 atom stereocenters. The number of ether oxygens (including phenoxy) is 1. The predicted octanol–water partition coefficient (Wildman–Crippen LogP) is 0.808. The fourth-order valence-electron chi connectivity index (χ4n) is 1.72. The van der Waals surface area contributed by atoms with Crippen LogP contribution < -0.4 is 4.72 Å². The fraction of sp³-hybridized carbons (Fsp3) is 1.00. The van der Waals surface area contributed by atoms with Gasteiger partial charge in [-0.2, -0.15) is 17.4 Å². The summed E-state index contributed by atoms with van der Waals surface area (Å²) in [6, 6.07) is 0. The highest BCUT2D eigenvalue weighted by atomic mass is 35.5. The van der Waals surface area contributed by atoms with Crippen molar-refractivity contribution in [2.75, 3.05) is 38.7 Å². The predicted molar refractivity (Wildman–Crippen MR) is 68.4 cm³/mol. The Balaban J connectivity index is 2.25. The number of rotatable bonds is 7. The Kier molecular flexibility index (Phi) is 6.72. The molecule has 1 rings (SSSR count). The maximum absolute atomic E-state index is 11.9. The summed E-state index contributed by atoms with van der Waals surface area (Å²) in [5.74, 6) is 1.05. The molecule has 0 aromatic carbocycles. The van der Waals surface area contributed by atoms with Gasteiger partial charge in [-0.3, -0.25) is 0 Å². The van der Waals surface area contributed by atoms with Gasteiger partial charge in [-0.25, -0.2) is 0 Å². The summed E-state index contributed by atoms with van der Waals surface area (Å²) in [7, 11) is -3.32. The van der Waals surface area contributed by atoms with Crippen molar-refractivity contribution in [3.05, 3.63) is 0 Å². The Morgan fingerprint density at radius 2 is 2.00 bits per heavy atom. The topological polar surface area (TPSA) is 58.6 Å². The van der Waals surface area contributed by atoms with E-state index < -0.39 is 10.2 Å². The number of halogens is 1. The molecule has 102 valence electrons. The smallest absolute Gasteiger partial charge is 0.279 e. The maximum Gasteiger partial charge on any atom is 0.279 e. The third-order valence-corrected chi connectivity index (χ3v) is 4.60. The van der Waals surface area contributed by atoms with E-state index in [2.05, 4.69) is 11.6 Å². The second kappa shape index (κ2) is 7.53. The first kappa shape index (κ1) is 15.2. The van der Waals surface area contributed by atoms with Crippen LogP contribution in [0.15, 0.2) is 0 Å². The van der Waals surface area contributed by atoms with Gasteiger partial charge in [0.15, 0.2) is 0 Å². The summed E-state index contributed by atoms with van der Waals surface area (Å²) in [5, 5.41) is 0. The van der Waals surface area contributed by atoms with Gasteiger partial charge in [0.2, 0.25) is 0 Å². The average molecular weight is 285 g/mol. The molecule has 0 bridgehead atoms. The van der Waals surface area contributed by atoms with E-state index in [1.165, 1.54) is 4.31 Å². The van der Waals surface area contributed by atoms with E-state index in [0.717, 1.165) is 12.8 Å². The molecule has 1 saturated heterocycles. The van der Waals surface area contributed by atoms with Gasteiger partial charge in [0.05, 0.1) is 13.2 Å². The highest BCUT2D eigenvalue weighted by molar-refractivity contribution is 7.87. The number of hydrogen-bond acceptors (Lipinski definition) is 3. The number of hydrogen-bond donors (Lipinski definition) is 1. The van der Waals surface area contributed by atoms with Gasteiger partial charge in [0.1, 0.15) is 0 Å². The summed E-state index contributed by atoms with van der Waals surface area (Å²) in [6.45, 7) is 4.47. The Hall–Kier alpha value is 0.120. The molecule has 0 spiro atoms. The molecule has 1 aliphatic heterocycles. The van der Waals surface area contributed by atoms with Gasteiger partial charge in [0.25, 0.3) is 10.2 Å². The van der Waals surface area contributed by atoms with Crippen LogP contribution in [-0.2, 0) is 14.9 Å². The van der Waals surface area contributed by atoms with E-state index in [9.17, 15) is 8.42 Å². The Morgan fingerprint density at radius 3 is 2.59 bits per heavy atom. The van der Waals surface area contributed by atoms with Gasteiger partial charge in [-0.15, -0.1) is 11.6 Å². The largest absolute Gasteiger partial charge is 0.379 e. The number of alkyl halides is 1. The second-order valence-electron chi connectivity index (χ2n) is 4.28. The molecule has 0 aliphatic carbocycles. The lowest BCUT2D eigenvalue weighted by atomic mass is 10.0. The first-order chi connectivity index (χ1) is 8.06. The van der Waals surface area contributed by atoms with Gasteiger partial charge in [-0.05, 0) is 18.8 Å². The van der Waals surface area contributed by atoms with Crippen LogP contribution in [0.5, 0.6) is 0 Å². The molecule has 0 saturated carbocycles. The van der Waals surface area contributed by atoms with E-state index in [4.69, 9.17) is 16.3 Å². The normalized spacial score (nSPS) is 19.6. The lowest BCUT2D eigenvalue weighted by Crippen LogP contribution is -2.45. The summed E-state index contributed by atoms with van der Waals surface area (Å²) < 4.78 is 32.9. The van der Waals surface area contributed by atoms with Crippen LogP contribution in [0.3, 0.4) is 0 Å². The summed E-state index contributed by atoms with van der Waals surface area (Å²) in [5.41, 5.74) is 0. The summed E-state index contributed by atoms with van der Waals surface area (Å²) >= 11 is 5.43. The zero-order valence-corrected chi connectivity index (χ0v) is 11.8. The quantitative estimate of drug-likeness (QED) is 0.556. The molecule has 0 aromatic heterocycles. The minimum Gasteiger partial charge on any atom is -0.379 e. The SMILES string of the molecule is CC1CCN(S(=O)(=O)NCCOCCCl)CC1. The molecule has 7 heteroatoms. The zero-order valence-electron chi connectivity index (χ0n) is 10.2. The number of nitrogens with zero attached hydrogens (tertiary/aromatic N) is 1. The molecule has 1 aliphatic rings. The van der Waals surface area contributed by atoms with Gasteiger partial charge in [0, 0.05) is 25.5 Å². The average Bonchev–Trinajstić information content (AvgIpc) is 2.29. The van der Waals surface area contributed by atoms with E-state index in [-0.39, 0.29) is 0 Å². The third kappa shape index (κ3) is 5.52. The van der Waals surface area contributed by atoms with Crippen LogP contribution in [0, 0.1) is 5.92 Å². The van der Waals surface area contributed by atoms with Crippen molar-refractivity contribution in [3.63, 3.8) is 0 Å². The van der Waals surface area contributed by atoms with Crippen molar-refractivity contribution in [3.8, 4) is 0 Å². The van der Waals surface area contributed by atoms with Crippen molar-refractivity contribution >= 4 is 21.8 Å². The van der Waals surface area contributed by atoms with Crippen LogP contribution >= 0.6 is 11.6 Å². The summed E-state index contributed by atoms with van der Waals surface area (Å²) in [6.07, 6.45) is 1.87. The molecular formula is C10H21ClN2O3S. The Labute approximate surface area is 109 Å². The van der Waals surface area contributed by atoms with Crippen LogP contribution in [0.25, 0.3) is 0 Å².